The molecular formula is C13H10FN3. The number of anilines is 1. The maximum absolute atomic E-state index is 13.1. The number of nitrogen functional groups attached to an aromatic ring is 1. The van der Waals surface area contributed by atoms with Gasteiger partial charge in [-0.2, -0.15) is 0 Å². The number of aromatic amines is 1. The lowest BCUT2D eigenvalue weighted by Crippen LogP contribution is -1.82. The molecule has 2 aromatic carbocycles. The predicted octanol–water partition coefficient (Wildman–Crippen LogP) is 2.95. The number of nitrogens with zero attached hydrogens (tertiary/aromatic N) is 1. The minimum Gasteiger partial charge on any atom is -0.399 e. The molecule has 84 valence electrons. The Morgan fingerprint density at radius 2 is 2.00 bits per heavy atom. The maximum atomic E-state index is 13.1. The van der Waals surface area contributed by atoms with Crippen LogP contribution in [0.2, 0.25) is 0 Å². The van der Waals surface area contributed by atoms with Crippen LogP contribution in [0.25, 0.3) is 22.4 Å². The molecule has 0 atom stereocenters. The van der Waals surface area contributed by atoms with Gasteiger partial charge in [0, 0.05) is 11.3 Å². The van der Waals surface area contributed by atoms with Gasteiger partial charge in [-0.1, -0.05) is 12.1 Å². The molecule has 0 aliphatic carbocycles. The van der Waals surface area contributed by atoms with E-state index in [4.69, 9.17) is 5.73 Å². The average Bonchev–Trinajstić information content (AvgIpc) is 2.72. The van der Waals surface area contributed by atoms with Crippen molar-refractivity contribution in [3.8, 4) is 11.4 Å². The third kappa shape index (κ3) is 1.73. The number of hydrogen-bond donors (Lipinski definition) is 2. The summed E-state index contributed by atoms with van der Waals surface area (Å²) in [5.74, 6) is 0.368. The summed E-state index contributed by atoms with van der Waals surface area (Å²) in [6.45, 7) is 0. The molecule has 17 heavy (non-hydrogen) atoms. The number of H-pyrrole nitrogens is 1. The number of hydrogen-bond acceptors (Lipinski definition) is 2. The van der Waals surface area contributed by atoms with Gasteiger partial charge in [-0.25, -0.2) is 9.37 Å². The molecule has 1 heterocycles. The van der Waals surface area contributed by atoms with E-state index in [1.807, 2.05) is 12.1 Å². The Morgan fingerprint density at radius 1 is 1.12 bits per heavy atom. The summed E-state index contributed by atoms with van der Waals surface area (Å²) in [6.07, 6.45) is 0. The monoisotopic (exact) mass is 227 g/mol. The summed E-state index contributed by atoms with van der Waals surface area (Å²) in [5, 5.41) is 0. The summed E-state index contributed by atoms with van der Waals surface area (Å²) in [7, 11) is 0. The minimum absolute atomic E-state index is 0.275. The Morgan fingerprint density at radius 3 is 2.82 bits per heavy atom. The fraction of sp³-hybridized carbons (Fsp3) is 0. The number of nitrogens with two attached hydrogens (primary N) is 1. The summed E-state index contributed by atoms with van der Waals surface area (Å²) < 4.78 is 13.1. The molecule has 0 bridgehead atoms. The van der Waals surface area contributed by atoms with Crippen molar-refractivity contribution in [3.05, 3.63) is 48.3 Å². The van der Waals surface area contributed by atoms with Gasteiger partial charge in [0.05, 0.1) is 11.0 Å². The third-order valence-corrected chi connectivity index (χ3v) is 2.61. The Balaban J connectivity index is 2.18. The smallest absolute Gasteiger partial charge is 0.138 e. The fourth-order valence-electron chi connectivity index (χ4n) is 1.80. The summed E-state index contributed by atoms with van der Waals surface area (Å²) in [5.41, 5.74) is 8.74. The van der Waals surface area contributed by atoms with Crippen molar-refractivity contribution in [1.29, 1.82) is 0 Å². The molecule has 3 nitrogen and oxygen atoms in total. The summed E-state index contributed by atoms with van der Waals surface area (Å²) in [4.78, 5) is 7.52. The molecule has 0 radical (unpaired) electrons. The van der Waals surface area contributed by atoms with Crippen molar-refractivity contribution >= 4 is 16.7 Å². The van der Waals surface area contributed by atoms with Gasteiger partial charge in [-0.3, -0.25) is 0 Å². The minimum atomic E-state index is -0.275. The van der Waals surface area contributed by atoms with Gasteiger partial charge in [-0.15, -0.1) is 0 Å². The second-order valence-corrected chi connectivity index (χ2v) is 3.87. The number of benzene rings is 2. The largest absolute Gasteiger partial charge is 0.399 e. The molecule has 0 fully saturated rings. The van der Waals surface area contributed by atoms with Crippen LogP contribution in [-0.4, -0.2) is 9.97 Å². The molecule has 4 heteroatoms. The van der Waals surface area contributed by atoms with E-state index < -0.39 is 0 Å². The number of nitrogens with one attached hydrogen (secondary N) is 1. The molecular weight excluding hydrogens is 217 g/mol. The van der Waals surface area contributed by atoms with Crippen molar-refractivity contribution in [3.63, 3.8) is 0 Å². The molecule has 0 saturated heterocycles. The van der Waals surface area contributed by atoms with Crippen LogP contribution in [0.15, 0.2) is 42.5 Å². The first kappa shape index (κ1) is 9.84. The topological polar surface area (TPSA) is 54.7 Å². The molecule has 0 aliphatic rings. The van der Waals surface area contributed by atoms with Gasteiger partial charge in [0.1, 0.15) is 11.6 Å². The van der Waals surface area contributed by atoms with E-state index in [9.17, 15) is 4.39 Å². The van der Waals surface area contributed by atoms with Gasteiger partial charge in [-0.05, 0) is 30.3 Å². The van der Waals surface area contributed by atoms with E-state index in [1.54, 1.807) is 18.2 Å². The lowest BCUT2D eigenvalue weighted by molar-refractivity contribution is 0.628. The van der Waals surface area contributed by atoms with Gasteiger partial charge >= 0.3 is 0 Å². The van der Waals surface area contributed by atoms with Crippen LogP contribution in [0.1, 0.15) is 0 Å². The normalized spacial score (nSPS) is 10.9. The Kier molecular flexibility index (Phi) is 2.08. The van der Waals surface area contributed by atoms with Crippen LogP contribution in [0.3, 0.4) is 0 Å². The second-order valence-electron chi connectivity index (χ2n) is 3.87. The SMILES string of the molecule is Nc1ccc2[nH]c(-c3cccc(F)c3)nc2c1. The molecule has 3 rings (SSSR count). The summed E-state index contributed by atoms with van der Waals surface area (Å²) >= 11 is 0. The lowest BCUT2D eigenvalue weighted by Gasteiger charge is -1.95. The molecule has 0 spiro atoms. The fourth-order valence-corrected chi connectivity index (χ4v) is 1.80. The molecule has 3 N–H and O–H groups in total. The molecule has 0 unspecified atom stereocenters. The van der Waals surface area contributed by atoms with Crippen LogP contribution >= 0.6 is 0 Å². The molecule has 0 aliphatic heterocycles. The zero-order chi connectivity index (χ0) is 11.8. The highest BCUT2D eigenvalue weighted by atomic mass is 19.1. The third-order valence-electron chi connectivity index (χ3n) is 2.61. The van der Waals surface area contributed by atoms with Crippen molar-refractivity contribution in [2.45, 2.75) is 0 Å². The molecule has 3 aromatic rings. The van der Waals surface area contributed by atoms with E-state index >= 15 is 0 Å². The van der Waals surface area contributed by atoms with Crippen LogP contribution < -0.4 is 5.73 Å². The first-order chi connectivity index (χ1) is 8.22. The van der Waals surface area contributed by atoms with E-state index in [1.165, 1.54) is 12.1 Å². The van der Waals surface area contributed by atoms with Crippen molar-refractivity contribution in [2.24, 2.45) is 0 Å². The molecule has 0 amide bonds. The zero-order valence-corrected chi connectivity index (χ0v) is 8.94. The van der Waals surface area contributed by atoms with Crippen LogP contribution in [-0.2, 0) is 0 Å². The molecule has 1 aromatic heterocycles. The highest BCUT2D eigenvalue weighted by Gasteiger charge is 2.05. The maximum Gasteiger partial charge on any atom is 0.138 e. The standard InChI is InChI=1S/C13H10FN3/c14-9-3-1-2-8(6-9)13-16-11-5-4-10(15)7-12(11)17-13/h1-7H,15H2,(H,16,17). The van der Waals surface area contributed by atoms with E-state index in [2.05, 4.69) is 9.97 Å². The summed E-state index contributed by atoms with van der Waals surface area (Å²) in [6, 6.07) is 11.8. The quantitative estimate of drug-likeness (QED) is 0.628. The van der Waals surface area contributed by atoms with Crippen LogP contribution in [0.5, 0.6) is 0 Å². The Labute approximate surface area is 97.1 Å². The van der Waals surface area contributed by atoms with E-state index in [0.29, 0.717) is 11.5 Å². The number of rotatable bonds is 1. The molecule has 0 saturated carbocycles. The Hall–Kier alpha value is -2.36. The zero-order valence-electron chi connectivity index (χ0n) is 8.94. The first-order valence-electron chi connectivity index (χ1n) is 5.23. The average molecular weight is 227 g/mol. The first-order valence-corrected chi connectivity index (χ1v) is 5.23. The highest BCUT2D eigenvalue weighted by molar-refractivity contribution is 5.82. The number of halogens is 1. The Bertz CT molecular complexity index is 688. The van der Waals surface area contributed by atoms with Gasteiger partial charge in [0.25, 0.3) is 0 Å². The van der Waals surface area contributed by atoms with E-state index in [0.717, 1.165) is 16.6 Å². The van der Waals surface area contributed by atoms with Gasteiger partial charge in [0.2, 0.25) is 0 Å². The number of imidazole rings is 1. The second kappa shape index (κ2) is 3.59. The van der Waals surface area contributed by atoms with Crippen LogP contribution in [0, 0.1) is 5.82 Å². The van der Waals surface area contributed by atoms with Crippen molar-refractivity contribution < 1.29 is 4.39 Å². The van der Waals surface area contributed by atoms with Crippen molar-refractivity contribution in [1.82, 2.24) is 9.97 Å². The van der Waals surface area contributed by atoms with Gasteiger partial charge in [0.15, 0.2) is 0 Å². The number of aromatic nitrogens is 2. The highest BCUT2D eigenvalue weighted by Crippen LogP contribution is 2.22. The van der Waals surface area contributed by atoms with Gasteiger partial charge < -0.3 is 10.7 Å². The lowest BCUT2D eigenvalue weighted by atomic mass is 10.2. The predicted molar refractivity (Wildman–Crippen MR) is 65.9 cm³/mol. The van der Waals surface area contributed by atoms with Crippen molar-refractivity contribution in [2.75, 3.05) is 5.73 Å². The number of fused-ring (bicyclic) bond motifs is 1. The van der Waals surface area contributed by atoms with Crippen LogP contribution in [0.4, 0.5) is 10.1 Å². The van der Waals surface area contributed by atoms with E-state index in [-0.39, 0.29) is 5.82 Å².